The molecule has 1 aromatic carbocycles. The maximum Gasteiger partial charge on any atom is 0.145 e. The lowest BCUT2D eigenvalue weighted by molar-refractivity contribution is 0.0577. The zero-order valence-corrected chi connectivity index (χ0v) is 12.6. The first-order valence-electron chi connectivity index (χ1n) is 6.05. The first-order chi connectivity index (χ1) is 9.11. The van der Waals surface area contributed by atoms with Gasteiger partial charge < -0.3 is 14.8 Å². The summed E-state index contributed by atoms with van der Waals surface area (Å²) in [6.45, 7) is 3.47. The molecule has 0 heterocycles. The summed E-state index contributed by atoms with van der Waals surface area (Å²) in [4.78, 5) is 0. The van der Waals surface area contributed by atoms with Crippen molar-refractivity contribution in [1.82, 2.24) is 5.32 Å². The Hall–Kier alpha value is -0.560. The Morgan fingerprint density at radius 1 is 1.32 bits per heavy atom. The first kappa shape index (κ1) is 16.5. The number of rotatable bonds is 8. The maximum absolute atomic E-state index is 14.0. The predicted molar refractivity (Wildman–Crippen MR) is 73.2 cm³/mol. The lowest BCUT2D eigenvalue weighted by atomic mass is 10.1. The minimum Gasteiger partial charge on any atom is -0.382 e. The number of methoxy groups -OCH3 is 1. The van der Waals surface area contributed by atoms with Crippen LogP contribution in [0.4, 0.5) is 8.78 Å². The van der Waals surface area contributed by atoms with E-state index in [1.807, 2.05) is 6.92 Å². The van der Waals surface area contributed by atoms with Crippen LogP contribution in [0.1, 0.15) is 18.5 Å². The monoisotopic (exact) mass is 337 g/mol. The molecule has 0 aromatic heterocycles. The van der Waals surface area contributed by atoms with Gasteiger partial charge in [-0.1, -0.05) is 6.92 Å². The van der Waals surface area contributed by atoms with Crippen LogP contribution in [0, 0.1) is 11.6 Å². The van der Waals surface area contributed by atoms with Crippen LogP contribution in [0.5, 0.6) is 0 Å². The molecule has 0 fully saturated rings. The molecule has 19 heavy (non-hydrogen) atoms. The molecule has 108 valence electrons. The van der Waals surface area contributed by atoms with Gasteiger partial charge in [-0.05, 0) is 34.6 Å². The largest absolute Gasteiger partial charge is 0.382 e. The number of likely N-dealkylation sites (N-methyl/N-ethyl adjacent to an activating group) is 1. The molecule has 0 aliphatic rings. The Morgan fingerprint density at radius 3 is 2.68 bits per heavy atom. The van der Waals surface area contributed by atoms with Gasteiger partial charge in [-0.15, -0.1) is 0 Å². The van der Waals surface area contributed by atoms with Crippen molar-refractivity contribution in [1.29, 1.82) is 0 Å². The summed E-state index contributed by atoms with van der Waals surface area (Å²) in [7, 11) is 1.57. The summed E-state index contributed by atoms with van der Waals surface area (Å²) in [5.41, 5.74) is -0.00589. The summed E-state index contributed by atoms with van der Waals surface area (Å²) in [5.74, 6) is -1.18. The van der Waals surface area contributed by atoms with Crippen LogP contribution in [-0.4, -0.2) is 33.5 Å². The van der Waals surface area contributed by atoms with Crippen LogP contribution in [-0.2, 0) is 9.47 Å². The first-order valence-corrected chi connectivity index (χ1v) is 6.84. The van der Waals surface area contributed by atoms with Crippen LogP contribution in [0.25, 0.3) is 0 Å². The van der Waals surface area contributed by atoms with E-state index in [1.165, 1.54) is 12.1 Å². The van der Waals surface area contributed by atoms with Crippen molar-refractivity contribution in [2.45, 2.75) is 13.0 Å². The van der Waals surface area contributed by atoms with Crippen LogP contribution < -0.4 is 5.32 Å². The van der Waals surface area contributed by atoms with Crippen molar-refractivity contribution in [2.24, 2.45) is 0 Å². The van der Waals surface area contributed by atoms with E-state index < -0.39 is 17.7 Å². The topological polar surface area (TPSA) is 30.5 Å². The molecule has 0 saturated heterocycles. The molecule has 0 spiro atoms. The third-order valence-corrected chi connectivity index (χ3v) is 3.21. The fraction of sp³-hybridized carbons (Fsp3) is 0.538. The average molecular weight is 338 g/mol. The maximum atomic E-state index is 14.0. The van der Waals surface area contributed by atoms with E-state index in [4.69, 9.17) is 9.47 Å². The Bertz CT molecular complexity index is 404. The van der Waals surface area contributed by atoms with Crippen LogP contribution in [0.15, 0.2) is 16.6 Å². The molecule has 3 nitrogen and oxygen atoms in total. The van der Waals surface area contributed by atoms with Crippen molar-refractivity contribution in [3.8, 4) is 0 Å². The number of nitrogens with one attached hydrogen (secondary N) is 1. The Labute approximate surface area is 120 Å². The standard InChI is InChI=1S/C13H18BrF2NO2/c1-3-17-11(8-19-7-6-18-2)12-10(15)5-4-9(14)13(12)16/h4-5,11,17H,3,6-8H2,1-2H3. The molecule has 1 unspecified atom stereocenters. The molecule has 1 rings (SSSR count). The fourth-order valence-electron chi connectivity index (χ4n) is 1.70. The number of hydrogen-bond acceptors (Lipinski definition) is 3. The molecule has 0 radical (unpaired) electrons. The molecular formula is C13H18BrF2NO2. The summed E-state index contributed by atoms with van der Waals surface area (Å²) >= 11 is 3.06. The van der Waals surface area contributed by atoms with E-state index >= 15 is 0 Å². The van der Waals surface area contributed by atoms with Gasteiger partial charge in [0.05, 0.1) is 30.3 Å². The third-order valence-electron chi connectivity index (χ3n) is 2.59. The fourth-order valence-corrected chi connectivity index (χ4v) is 2.04. The molecule has 1 N–H and O–H groups in total. The smallest absolute Gasteiger partial charge is 0.145 e. The second-order valence-electron chi connectivity index (χ2n) is 3.93. The highest BCUT2D eigenvalue weighted by atomic mass is 79.9. The second kappa shape index (κ2) is 8.58. The van der Waals surface area contributed by atoms with Crippen molar-refractivity contribution in [2.75, 3.05) is 33.5 Å². The SMILES string of the molecule is CCNC(COCCOC)c1c(F)ccc(Br)c1F. The molecule has 0 saturated carbocycles. The number of hydrogen-bond donors (Lipinski definition) is 1. The summed E-state index contributed by atoms with van der Waals surface area (Å²) in [6.07, 6.45) is 0. The second-order valence-corrected chi connectivity index (χ2v) is 4.79. The summed E-state index contributed by atoms with van der Waals surface area (Å²) in [6, 6.07) is 2.06. The molecular weight excluding hydrogens is 320 g/mol. The lowest BCUT2D eigenvalue weighted by Gasteiger charge is -2.20. The molecule has 0 bridgehead atoms. The van der Waals surface area contributed by atoms with E-state index in [2.05, 4.69) is 21.2 Å². The zero-order valence-electron chi connectivity index (χ0n) is 11.0. The quantitative estimate of drug-likeness (QED) is 0.584. The Kier molecular flexibility index (Phi) is 7.45. The van der Waals surface area contributed by atoms with Crippen LogP contribution in [0.3, 0.4) is 0 Å². The lowest BCUT2D eigenvalue weighted by Crippen LogP contribution is -2.28. The van der Waals surface area contributed by atoms with Crippen molar-refractivity contribution in [3.63, 3.8) is 0 Å². The van der Waals surface area contributed by atoms with E-state index in [9.17, 15) is 8.78 Å². The van der Waals surface area contributed by atoms with Gasteiger partial charge >= 0.3 is 0 Å². The number of benzene rings is 1. The molecule has 0 aliphatic carbocycles. The molecule has 1 aromatic rings. The zero-order chi connectivity index (χ0) is 14.3. The highest BCUT2D eigenvalue weighted by molar-refractivity contribution is 9.10. The number of halogens is 3. The van der Waals surface area contributed by atoms with Crippen LogP contribution in [0.2, 0.25) is 0 Å². The van der Waals surface area contributed by atoms with E-state index in [0.717, 1.165) is 0 Å². The van der Waals surface area contributed by atoms with Gasteiger partial charge in [-0.2, -0.15) is 0 Å². The summed E-state index contributed by atoms with van der Waals surface area (Å²) < 4.78 is 38.3. The predicted octanol–water partition coefficient (Wildman–Crippen LogP) is 3.04. The minimum atomic E-state index is -0.596. The van der Waals surface area contributed by atoms with E-state index in [0.29, 0.717) is 19.8 Å². The normalized spacial score (nSPS) is 12.7. The minimum absolute atomic E-state index is 0.00589. The highest BCUT2D eigenvalue weighted by Crippen LogP contribution is 2.27. The number of ether oxygens (including phenoxy) is 2. The van der Waals surface area contributed by atoms with Gasteiger partial charge in [-0.25, -0.2) is 8.78 Å². The van der Waals surface area contributed by atoms with Crippen molar-refractivity contribution in [3.05, 3.63) is 33.8 Å². The Balaban J connectivity index is 2.83. The van der Waals surface area contributed by atoms with E-state index in [1.54, 1.807) is 7.11 Å². The Morgan fingerprint density at radius 2 is 2.05 bits per heavy atom. The van der Waals surface area contributed by atoms with Crippen molar-refractivity contribution < 1.29 is 18.3 Å². The van der Waals surface area contributed by atoms with Gasteiger partial charge in [0.2, 0.25) is 0 Å². The molecule has 6 heteroatoms. The summed E-state index contributed by atoms with van der Waals surface area (Å²) in [5, 5.41) is 3.02. The average Bonchev–Trinajstić information content (AvgIpc) is 2.39. The third kappa shape index (κ3) is 4.80. The highest BCUT2D eigenvalue weighted by Gasteiger charge is 2.21. The van der Waals surface area contributed by atoms with E-state index in [-0.39, 0.29) is 16.6 Å². The van der Waals surface area contributed by atoms with Gasteiger partial charge in [0.15, 0.2) is 0 Å². The van der Waals surface area contributed by atoms with Gasteiger partial charge in [0.25, 0.3) is 0 Å². The molecule has 1 atom stereocenters. The molecule has 0 amide bonds. The van der Waals surface area contributed by atoms with Gasteiger partial charge in [-0.3, -0.25) is 0 Å². The van der Waals surface area contributed by atoms with Crippen LogP contribution >= 0.6 is 15.9 Å². The molecule has 0 aliphatic heterocycles. The van der Waals surface area contributed by atoms with Gasteiger partial charge in [0.1, 0.15) is 11.6 Å². The van der Waals surface area contributed by atoms with Gasteiger partial charge in [0, 0.05) is 12.7 Å². The van der Waals surface area contributed by atoms with Crippen molar-refractivity contribution >= 4 is 15.9 Å².